The van der Waals surface area contributed by atoms with Crippen LogP contribution in [0.25, 0.3) is 0 Å². The summed E-state index contributed by atoms with van der Waals surface area (Å²) in [6.07, 6.45) is -2.16. The van der Waals surface area contributed by atoms with Crippen LogP contribution in [-0.2, 0) is 22.3 Å². The summed E-state index contributed by atoms with van der Waals surface area (Å²) in [5.74, 6) is 0.697. The first-order valence-electron chi connectivity index (χ1n) is 11.0. The summed E-state index contributed by atoms with van der Waals surface area (Å²) < 4.78 is 38.9. The summed E-state index contributed by atoms with van der Waals surface area (Å²) in [5.41, 5.74) is 0.219. The van der Waals surface area contributed by atoms with Crippen LogP contribution in [0.4, 0.5) is 30.6 Å². The summed E-state index contributed by atoms with van der Waals surface area (Å²) in [6.45, 7) is 5.47. The summed E-state index contributed by atoms with van der Waals surface area (Å²) >= 11 is 0. The number of aromatic nitrogens is 4. The zero-order chi connectivity index (χ0) is 24.8. The van der Waals surface area contributed by atoms with Gasteiger partial charge in [0.2, 0.25) is 17.8 Å². The highest BCUT2D eigenvalue weighted by Gasteiger charge is 2.37. The smallest absolute Gasteiger partial charge is 0.352 e. The molecule has 1 unspecified atom stereocenters. The fourth-order valence-corrected chi connectivity index (χ4v) is 4.34. The Hall–Kier alpha value is -3.38. The second-order valence-electron chi connectivity index (χ2n) is 9.09. The van der Waals surface area contributed by atoms with Crippen molar-refractivity contribution in [1.29, 1.82) is 0 Å². The molecule has 2 aromatic heterocycles. The van der Waals surface area contributed by atoms with Crippen LogP contribution < -0.4 is 20.9 Å². The first-order valence-corrected chi connectivity index (χ1v) is 11.0. The van der Waals surface area contributed by atoms with Gasteiger partial charge < -0.3 is 20.9 Å². The van der Waals surface area contributed by atoms with Crippen LogP contribution in [0.2, 0.25) is 0 Å². The minimum atomic E-state index is -4.54. The van der Waals surface area contributed by atoms with E-state index >= 15 is 0 Å². The number of rotatable bonds is 6. The Morgan fingerprint density at radius 3 is 2.59 bits per heavy atom. The summed E-state index contributed by atoms with van der Waals surface area (Å²) in [7, 11) is 1.84. The van der Waals surface area contributed by atoms with E-state index in [4.69, 9.17) is 0 Å². The lowest BCUT2D eigenvalue weighted by Gasteiger charge is -2.38. The SMILES string of the molecule is Cc1nc(N[C@H]2C[C@H](NC(=O)Cn3ccc(C(F)(F)F)n3)C2)nc2c1NC(=O)C(C(C)C)N2C. The van der Waals surface area contributed by atoms with E-state index in [1.165, 1.54) is 0 Å². The van der Waals surface area contributed by atoms with Crippen LogP contribution in [0.3, 0.4) is 0 Å². The maximum Gasteiger partial charge on any atom is 0.435 e. The van der Waals surface area contributed by atoms with Crippen LogP contribution in [-0.4, -0.2) is 56.7 Å². The van der Waals surface area contributed by atoms with E-state index in [9.17, 15) is 22.8 Å². The molecule has 2 amide bonds. The molecule has 0 saturated heterocycles. The number of hydrogen-bond acceptors (Lipinski definition) is 7. The highest BCUT2D eigenvalue weighted by molar-refractivity contribution is 6.03. The molecular weight excluding hydrogens is 453 g/mol. The Morgan fingerprint density at radius 2 is 1.97 bits per heavy atom. The van der Waals surface area contributed by atoms with Crippen LogP contribution in [0.15, 0.2) is 12.3 Å². The van der Waals surface area contributed by atoms with E-state index < -0.39 is 17.8 Å². The van der Waals surface area contributed by atoms with Gasteiger partial charge in [-0.25, -0.2) is 4.98 Å². The number of anilines is 3. The Balaban J connectivity index is 1.31. The fourth-order valence-electron chi connectivity index (χ4n) is 4.34. The zero-order valence-corrected chi connectivity index (χ0v) is 19.3. The Bertz CT molecular complexity index is 1090. The van der Waals surface area contributed by atoms with Crippen LogP contribution in [0, 0.1) is 12.8 Å². The Morgan fingerprint density at radius 1 is 1.26 bits per heavy atom. The molecule has 1 atom stereocenters. The zero-order valence-electron chi connectivity index (χ0n) is 19.3. The van der Waals surface area contributed by atoms with Crippen molar-refractivity contribution in [2.75, 3.05) is 22.6 Å². The first kappa shape index (κ1) is 23.8. The maximum atomic E-state index is 12.6. The van der Waals surface area contributed by atoms with Crippen molar-refractivity contribution in [3.05, 3.63) is 23.7 Å². The Kier molecular flexibility index (Phi) is 6.13. The number of halogens is 3. The van der Waals surface area contributed by atoms with Crippen molar-refractivity contribution >= 4 is 29.3 Å². The van der Waals surface area contributed by atoms with Crippen molar-refractivity contribution in [3.63, 3.8) is 0 Å². The van der Waals surface area contributed by atoms with Gasteiger partial charge in [0.1, 0.15) is 18.3 Å². The van der Waals surface area contributed by atoms with E-state index in [-0.39, 0.29) is 36.5 Å². The standard InChI is InChI=1S/C21H27F3N8O2/c1-10(2)17-19(34)28-16-11(3)25-20(29-18(16)31(17)4)27-13-7-12(8-13)26-15(33)9-32-6-5-14(30-32)21(22,23)24/h5-6,10,12-13,17H,7-9H2,1-4H3,(H,26,33)(H,28,34)(H,25,27,29)/t12-,13-,17?. The number of alkyl halides is 3. The predicted octanol–water partition coefficient (Wildman–Crippen LogP) is 2.17. The number of hydrogen-bond donors (Lipinski definition) is 3. The number of amides is 2. The van der Waals surface area contributed by atoms with E-state index in [0.29, 0.717) is 36.0 Å². The minimum Gasteiger partial charge on any atom is -0.352 e. The van der Waals surface area contributed by atoms with Gasteiger partial charge in [-0.1, -0.05) is 13.8 Å². The maximum absolute atomic E-state index is 12.6. The lowest BCUT2D eigenvalue weighted by molar-refractivity contribution is -0.141. The molecule has 1 aliphatic heterocycles. The molecule has 13 heteroatoms. The van der Waals surface area contributed by atoms with Gasteiger partial charge in [0.05, 0.1) is 5.69 Å². The van der Waals surface area contributed by atoms with Gasteiger partial charge in [-0.2, -0.15) is 23.3 Å². The number of nitrogens with one attached hydrogen (secondary N) is 3. The number of fused-ring (bicyclic) bond motifs is 1. The van der Waals surface area contributed by atoms with Crippen molar-refractivity contribution in [3.8, 4) is 0 Å². The Labute approximate surface area is 194 Å². The van der Waals surface area contributed by atoms with Crippen molar-refractivity contribution < 1.29 is 22.8 Å². The molecule has 0 bridgehead atoms. The summed E-state index contributed by atoms with van der Waals surface area (Å²) in [5, 5.41) is 12.4. The third-order valence-corrected chi connectivity index (χ3v) is 6.04. The molecule has 1 saturated carbocycles. The molecule has 0 radical (unpaired) electrons. The lowest BCUT2D eigenvalue weighted by Crippen LogP contribution is -2.51. The van der Waals surface area contributed by atoms with Crippen LogP contribution >= 0.6 is 0 Å². The monoisotopic (exact) mass is 480 g/mol. The van der Waals surface area contributed by atoms with Crippen molar-refractivity contribution in [1.82, 2.24) is 25.1 Å². The first-order chi connectivity index (χ1) is 15.9. The van der Waals surface area contributed by atoms with E-state index in [1.807, 2.05) is 25.8 Å². The summed E-state index contributed by atoms with van der Waals surface area (Å²) in [4.78, 5) is 35.5. The highest BCUT2D eigenvalue weighted by Crippen LogP contribution is 2.35. The second kappa shape index (κ2) is 8.76. The van der Waals surface area contributed by atoms with Gasteiger partial charge in [0, 0.05) is 25.3 Å². The largest absolute Gasteiger partial charge is 0.435 e. The van der Waals surface area contributed by atoms with Gasteiger partial charge in [0.15, 0.2) is 11.5 Å². The van der Waals surface area contributed by atoms with Gasteiger partial charge in [-0.15, -0.1) is 0 Å². The molecule has 184 valence electrons. The topological polar surface area (TPSA) is 117 Å². The molecule has 0 spiro atoms. The molecule has 3 heterocycles. The van der Waals surface area contributed by atoms with Gasteiger partial charge in [-0.05, 0) is 31.7 Å². The lowest BCUT2D eigenvalue weighted by atomic mass is 9.87. The molecule has 10 nitrogen and oxygen atoms in total. The fraction of sp³-hybridized carbons (Fsp3) is 0.571. The molecule has 34 heavy (non-hydrogen) atoms. The normalized spacial score (nSPS) is 22.2. The van der Waals surface area contributed by atoms with E-state index in [1.54, 1.807) is 6.92 Å². The quantitative estimate of drug-likeness (QED) is 0.580. The van der Waals surface area contributed by atoms with Gasteiger partial charge in [0.25, 0.3) is 0 Å². The molecule has 2 aromatic rings. The number of aryl methyl sites for hydroxylation is 1. The van der Waals surface area contributed by atoms with Gasteiger partial charge in [-0.3, -0.25) is 14.3 Å². The molecule has 2 aliphatic rings. The molecule has 4 rings (SSSR count). The summed E-state index contributed by atoms with van der Waals surface area (Å²) in [6, 6.07) is 0.436. The average molecular weight is 480 g/mol. The molecule has 1 fully saturated rings. The third-order valence-electron chi connectivity index (χ3n) is 6.04. The molecule has 1 aliphatic carbocycles. The van der Waals surface area contributed by atoms with E-state index in [0.717, 1.165) is 16.9 Å². The molecule has 0 aromatic carbocycles. The number of likely N-dealkylation sites (N-methyl/N-ethyl adjacent to an activating group) is 1. The highest BCUT2D eigenvalue weighted by atomic mass is 19.4. The van der Waals surface area contributed by atoms with Gasteiger partial charge >= 0.3 is 6.18 Å². The molecular formula is C21H27F3N8O2. The number of carbonyl (C=O) groups excluding carboxylic acids is 2. The third kappa shape index (κ3) is 4.77. The average Bonchev–Trinajstić information content (AvgIpc) is 3.16. The second-order valence-corrected chi connectivity index (χ2v) is 9.09. The van der Waals surface area contributed by atoms with Crippen LogP contribution in [0.5, 0.6) is 0 Å². The van der Waals surface area contributed by atoms with E-state index in [2.05, 4.69) is 31.0 Å². The molecule has 3 N–H and O–H groups in total. The minimum absolute atomic E-state index is 0.0358. The predicted molar refractivity (Wildman–Crippen MR) is 118 cm³/mol. The van der Waals surface area contributed by atoms with Crippen molar-refractivity contribution in [2.45, 2.75) is 64.5 Å². The number of nitrogens with zero attached hydrogens (tertiary/aromatic N) is 5. The van der Waals surface area contributed by atoms with Crippen molar-refractivity contribution in [2.24, 2.45) is 5.92 Å². The van der Waals surface area contributed by atoms with Crippen LogP contribution in [0.1, 0.15) is 38.1 Å². The number of carbonyl (C=O) groups is 2.